The number of ketones is 1. The average Bonchev–Trinajstić information content (AvgIpc) is 2.77. The van der Waals surface area contributed by atoms with Gasteiger partial charge in [-0.3, -0.25) is 20.0 Å². The van der Waals surface area contributed by atoms with Gasteiger partial charge in [0.2, 0.25) is 0 Å². The first-order valence-electron chi connectivity index (χ1n) is 7.19. The van der Waals surface area contributed by atoms with Crippen molar-refractivity contribution in [2.75, 3.05) is 0 Å². The molecule has 5 nitrogen and oxygen atoms in total. The summed E-state index contributed by atoms with van der Waals surface area (Å²) in [5, 5.41) is 0. The molecule has 0 radical (unpaired) electrons. The van der Waals surface area contributed by atoms with Crippen LogP contribution < -0.4 is 10.9 Å². The number of hydrogen-bond donors (Lipinski definition) is 2. The van der Waals surface area contributed by atoms with Gasteiger partial charge >= 0.3 is 6.18 Å². The number of halogens is 3. The zero-order chi connectivity index (χ0) is 16.9. The van der Waals surface area contributed by atoms with E-state index in [1.807, 2.05) is 0 Å². The number of amides is 1. The molecule has 0 unspecified atom stereocenters. The molecule has 0 atom stereocenters. The first-order valence-corrected chi connectivity index (χ1v) is 7.19. The van der Waals surface area contributed by atoms with E-state index in [-0.39, 0.29) is 29.7 Å². The topological polar surface area (TPSA) is 71.1 Å². The van der Waals surface area contributed by atoms with Gasteiger partial charge in [-0.05, 0) is 37.8 Å². The molecule has 2 rings (SSSR count). The maximum absolute atomic E-state index is 12.7. The fourth-order valence-electron chi connectivity index (χ4n) is 2.34. The normalized spacial score (nSPS) is 15.8. The van der Waals surface area contributed by atoms with E-state index in [9.17, 15) is 22.8 Å². The van der Waals surface area contributed by atoms with Crippen molar-refractivity contribution in [2.24, 2.45) is 0 Å². The van der Waals surface area contributed by atoms with E-state index in [4.69, 9.17) is 0 Å². The quantitative estimate of drug-likeness (QED) is 0.834. The average molecular weight is 327 g/mol. The number of carbonyl (C=O) groups excluding carboxylic acids is 2. The summed E-state index contributed by atoms with van der Waals surface area (Å²) >= 11 is 0. The summed E-state index contributed by atoms with van der Waals surface area (Å²) < 4.78 is 38.1. The fraction of sp³-hybridized carbons (Fsp3) is 0.400. The number of nitrogens with one attached hydrogen (secondary N) is 2. The Bertz CT molecular complexity index is 612. The van der Waals surface area contributed by atoms with Crippen LogP contribution in [0.25, 0.3) is 0 Å². The number of rotatable bonds is 4. The molecule has 0 saturated heterocycles. The SMILES string of the molecule is O=C(NNC1=C(C(=O)C(F)(F)F)CCCCC1)c1cccnc1. The molecule has 0 bridgehead atoms. The van der Waals surface area contributed by atoms with E-state index >= 15 is 0 Å². The summed E-state index contributed by atoms with van der Waals surface area (Å²) in [5.74, 6) is -2.38. The Hall–Kier alpha value is -2.38. The lowest BCUT2D eigenvalue weighted by Gasteiger charge is -2.16. The van der Waals surface area contributed by atoms with E-state index < -0.39 is 17.9 Å². The van der Waals surface area contributed by atoms with E-state index in [1.54, 1.807) is 6.07 Å². The van der Waals surface area contributed by atoms with Crippen molar-refractivity contribution in [3.05, 3.63) is 41.4 Å². The highest BCUT2D eigenvalue weighted by atomic mass is 19.4. The van der Waals surface area contributed by atoms with E-state index in [0.717, 1.165) is 6.42 Å². The molecular weight excluding hydrogens is 311 g/mol. The molecule has 2 N–H and O–H groups in total. The zero-order valence-corrected chi connectivity index (χ0v) is 12.2. The number of alkyl halides is 3. The van der Waals surface area contributed by atoms with Crippen LogP contribution in [0.15, 0.2) is 35.8 Å². The molecule has 1 aromatic heterocycles. The van der Waals surface area contributed by atoms with E-state index in [0.29, 0.717) is 12.8 Å². The number of Topliss-reactive ketones (excluding diaryl/α,β-unsaturated/α-hetero) is 1. The number of hydrogen-bond acceptors (Lipinski definition) is 4. The Balaban J connectivity index is 2.14. The molecule has 1 aliphatic rings. The molecule has 0 spiro atoms. The summed E-state index contributed by atoms with van der Waals surface area (Å²) in [7, 11) is 0. The van der Waals surface area contributed by atoms with Crippen molar-refractivity contribution >= 4 is 11.7 Å². The lowest BCUT2D eigenvalue weighted by atomic mass is 10.0. The van der Waals surface area contributed by atoms with Crippen LogP contribution in [-0.4, -0.2) is 22.9 Å². The number of carbonyl (C=O) groups is 2. The predicted molar refractivity (Wildman–Crippen MR) is 76.0 cm³/mol. The third-order valence-corrected chi connectivity index (χ3v) is 3.50. The molecular formula is C15H16F3N3O2. The van der Waals surface area contributed by atoms with Crippen LogP contribution in [0.4, 0.5) is 13.2 Å². The zero-order valence-electron chi connectivity index (χ0n) is 12.2. The Morgan fingerprint density at radius 3 is 2.52 bits per heavy atom. The molecule has 1 amide bonds. The van der Waals surface area contributed by atoms with Gasteiger partial charge < -0.3 is 5.43 Å². The summed E-state index contributed by atoms with van der Waals surface area (Å²) in [5.41, 5.74) is 4.91. The molecule has 0 fully saturated rings. The van der Waals surface area contributed by atoms with E-state index in [1.165, 1.54) is 18.5 Å². The second-order valence-electron chi connectivity index (χ2n) is 5.17. The lowest BCUT2D eigenvalue weighted by molar-refractivity contribution is -0.166. The van der Waals surface area contributed by atoms with Crippen molar-refractivity contribution in [3.63, 3.8) is 0 Å². The van der Waals surface area contributed by atoms with Crippen molar-refractivity contribution < 1.29 is 22.8 Å². The Kier molecular flexibility index (Phi) is 5.36. The minimum absolute atomic E-state index is 0.0451. The predicted octanol–water partition coefficient (Wildman–Crippen LogP) is 2.67. The molecule has 1 heterocycles. The first-order chi connectivity index (χ1) is 10.9. The maximum Gasteiger partial charge on any atom is 0.454 e. The summed E-state index contributed by atoms with van der Waals surface area (Å²) in [6, 6.07) is 3.09. The van der Waals surface area contributed by atoms with Gasteiger partial charge in [-0.25, -0.2) is 0 Å². The highest BCUT2D eigenvalue weighted by Crippen LogP contribution is 2.29. The third-order valence-electron chi connectivity index (χ3n) is 3.50. The van der Waals surface area contributed by atoms with Crippen LogP contribution in [0.1, 0.15) is 42.5 Å². The van der Waals surface area contributed by atoms with Gasteiger partial charge in [0.15, 0.2) is 0 Å². The molecule has 124 valence electrons. The number of aromatic nitrogens is 1. The van der Waals surface area contributed by atoms with Crippen LogP contribution in [0.2, 0.25) is 0 Å². The minimum atomic E-state index is -4.92. The second kappa shape index (κ2) is 7.26. The van der Waals surface area contributed by atoms with Gasteiger partial charge in [-0.15, -0.1) is 0 Å². The van der Waals surface area contributed by atoms with E-state index in [2.05, 4.69) is 15.8 Å². The van der Waals surface area contributed by atoms with Gasteiger partial charge in [0.05, 0.1) is 5.56 Å². The van der Waals surface area contributed by atoms with Crippen LogP contribution in [0, 0.1) is 0 Å². The maximum atomic E-state index is 12.7. The molecule has 0 aromatic carbocycles. The smallest absolute Gasteiger partial charge is 0.302 e. The van der Waals surface area contributed by atoms with Crippen molar-refractivity contribution in [1.29, 1.82) is 0 Å². The highest BCUT2D eigenvalue weighted by Gasteiger charge is 2.41. The second-order valence-corrected chi connectivity index (χ2v) is 5.17. The van der Waals surface area contributed by atoms with Crippen LogP contribution in [0.3, 0.4) is 0 Å². The molecule has 23 heavy (non-hydrogen) atoms. The van der Waals surface area contributed by atoms with Gasteiger partial charge in [0.25, 0.3) is 11.7 Å². The number of hydrazine groups is 1. The molecule has 1 aromatic rings. The molecule has 1 aliphatic carbocycles. The largest absolute Gasteiger partial charge is 0.454 e. The summed E-state index contributed by atoms with van der Waals surface area (Å²) in [4.78, 5) is 27.2. The van der Waals surface area contributed by atoms with Gasteiger partial charge in [0.1, 0.15) is 0 Å². The monoisotopic (exact) mass is 327 g/mol. The summed E-state index contributed by atoms with van der Waals surface area (Å²) in [6.07, 6.45) is 0.140. The van der Waals surface area contributed by atoms with Gasteiger partial charge in [0, 0.05) is 23.7 Å². The Labute approximate surface area is 130 Å². The molecule has 8 heteroatoms. The van der Waals surface area contributed by atoms with Crippen LogP contribution >= 0.6 is 0 Å². The Morgan fingerprint density at radius 1 is 1.13 bits per heavy atom. The number of allylic oxidation sites excluding steroid dienone is 2. The van der Waals surface area contributed by atoms with Crippen molar-refractivity contribution in [3.8, 4) is 0 Å². The first kappa shape index (κ1) is 17.0. The standard InChI is InChI=1S/C15H16F3N3O2/c16-15(17,18)13(22)11-6-2-1-3-7-12(11)20-21-14(23)10-5-4-8-19-9-10/h4-5,8-9,20H,1-3,6-7H2,(H,21,23). The van der Waals surface area contributed by atoms with Crippen LogP contribution in [0.5, 0.6) is 0 Å². The lowest BCUT2D eigenvalue weighted by Crippen LogP contribution is -2.38. The summed E-state index contributed by atoms with van der Waals surface area (Å²) in [6.45, 7) is 0. The van der Waals surface area contributed by atoms with Gasteiger partial charge in [-0.2, -0.15) is 13.2 Å². The molecule has 0 saturated carbocycles. The number of pyridine rings is 1. The minimum Gasteiger partial charge on any atom is -0.302 e. The van der Waals surface area contributed by atoms with Gasteiger partial charge in [-0.1, -0.05) is 6.42 Å². The third kappa shape index (κ3) is 4.54. The fourth-order valence-corrected chi connectivity index (χ4v) is 2.34. The highest BCUT2D eigenvalue weighted by molar-refractivity contribution is 6.00. The Morgan fingerprint density at radius 2 is 1.87 bits per heavy atom. The van der Waals surface area contributed by atoms with Crippen molar-refractivity contribution in [1.82, 2.24) is 15.8 Å². The number of nitrogens with zero attached hydrogens (tertiary/aromatic N) is 1. The van der Waals surface area contributed by atoms with Crippen LogP contribution in [-0.2, 0) is 4.79 Å². The molecule has 0 aliphatic heterocycles. The van der Waals surface area contributed by atoms with Crippen molar-refractivity contribution in [2.45, 2.75) is 38.3 Å².